The first-order chi connectivity index (χ1) is 7.86. The second kappa shape index (κ2) is 3.79. The average molecular weight is 218 g/mol. The van der Waals surface area contributed by atoms with Crippen LogP contribution < -0.4 is 10.5 Å². The highest BCUT2D eigenvalue weighted by Gasteiger charge is 2.22. The van der Waals surface area contributed by atoms with Crippen LogP contribution in [0, 0.1) is 0 Å². The van der Waals surface area contributed by atoms with E-state index in [1.54, 1.807) is 0 Å². The monoisotopic (exact) mass is 218 g/mol. The van der Waals surface area contributed by atoms with Crippen molar-refractivity contribution < 1.29 is 9.57 Å². The highest BCUT2D eigenvalue weighted by molar-refractivity contribution is 6.01. The summed E-state index contributed by atoms with van der Waals surface area (Å²) in [5.74, 6) is 0.999. The van der Waals surface area contributed by atoms with E-state index < -0.39 is 0 Å². The van der Waals surface area contributed by atoms with Crippen LogP contribution in [0.15, 0.2) is 23.4 Å². The molecule has 1 atom stereocenters. The molecule has 0 fully saturated rings. The van der Waals surface area contributed by atoms with E-state index in [9.17, 15) is 0 Å². The van der Waals surface area contributed by atoms with E-state index in [2.05, 4.69) is 11.2 Å². The highest BCUT2D eigenvalue weighted by atomic mass is 16.6. The van der Waals surface area contributed by atoms with Crippen molar-refractivity contribution in [3.63, 3.8) is 0 Å². The maximum atomic E-state index is 5.55. The fourth-order valence-electron chi connectivity index (χ4n) is 2.09. The molecule has 0 bridgehead atoms. The SMILES string of the molecule is NC[C@H]1CC(c2ccc3c(c2)CCO3)=NO1. The molecule has 2 aliphatic heterocycles. The topological polar surface area (TPSA) is 56.8 Å². The minimum Gasteiger partial charge on any atom is -0.493 e. The van der Waals surface area contributed by atoms with E-state index >= 15 is 0 Å². The first kappa shape index (κ1) is 9.66. The lowest BCUT2D eigenvalue weighted by atomic mass is 10.0. The molecule has 2 aliphatic rings. The van der Waals surface area contributed by atoms with Gasteiger partial charge in [-0.1, -0.05) is 5.16 Å². The molecule has 0 spiro atoms. The Kier molecular flexibility index (Phi) is 2.29. The maximum Gasteiger partial charge on any atom is 0.145 e. The molecule has 1 aromatic carbocycles. The van der Waals surface area contributed by atoms with Gasteiger partial charge in [0.25, 0.3) is 0 Å². The van der Waals surface area contributed by atoms with Crippen LogP contribution in [0.4, 0.5) is 0 Å². The first-order valence-corrected chi connectivity index (χ1v) is 5.55. The molecule has 0 unspecified atom stereocenters. The fraction of sp³-hybridized carbons (Fsp3) is 0.417. The molecule has 2 N–H and O–H groups in total. The van der Waals surface area contributed by atoms with Crippen LogP contribution in [0.1, 0.15) is 17.5 Å². The van der Waals surface area contributed by atoms with E-state index in [0.717, 1.165) is 36.5 Å². The number of hydrogen-bond donors (Lipinski definition) is 1. The summed E-state index contributed by atoms with van der Waals surface area (Å²) in [4.78, 5) is 5.22. The molecule has 4 heteroatoms. The van der Waals surface area contributed by atoms with Gasteiger partial charge in [0, 0.05) is 19.4 Å². The Morgan fingerprint density at radius 1 is 1.44 bits per heavy atom. The van der Waals surface area contributed by atoms with Crippen molar-refractivity contribution >= 4 is 5.71 Å². The second-order valence-corrected chi connectivity index (χ2v) is 4.13. The van der Waals surface area contributed by atoms with Crippen molar-refractivity contribution in [1.29, 1.82) is 0 Å². The number of fused-ring (bicyclic) bond motifs is 1. The molecule has 4 nitrogen and oxygen atoms in total. The van der Waals surface area contributed by atoms with Crippen LogP contribution in [-0.2, 0) is 11.3 Å². The summed E-state index contributed by atoms with van der Waals surface area (Å²) < 4.78 is 5.47. The summed E-state index contributed by atoms with van der Waals surface area (Å²) in [6.07, 6.45) is 1.83. The quantitative estimate of drug-likeness (QED) is 0.808. The van der Waals surface area contributed by atoms with Crippen molar-refractivity contribution in [3.05, 3.63) is 29.3 Å². The van der Waals surface area contributed by atoms with Crippen LogP contribution in [0.2, 0.25) is 0 Å². The van der Waals surface area contributed by atoms with Gasteiger partial charge in [-0.05, 0) is 29.3 Å². The summed E-state index contributed by atoms with van der Waals surface area (Å²) in [5.41, 5.74) is 8.92. The van der Waals surface area contributed by atoms with E-state index in [4.69, 9.17) is 15.3 Å². The molecule has 0 saturated heterocycles. The van der Waals surface area contributed by atoms with E-state index in [0.29, 0.717) is 6.54 Å². The molecule has 0 saturated carbocycles. The summed E-state index contributed by atoms with van der Waals surface area (Å²) in [5, 5.41) is 4.08. The molecular formula is C12H14N2O2. The highest BCUT2D eigenvalue weighted by Crippen LogP contribution is 2.27. The molecule has 84 valence electrons. The standard InChI is InChI=1S/C12H14N2O2/c13-7-10-6-11(14-16-10)8-1-2-12-9(5-8)3-4-15-12/h1-2,5,10H,3-4,6-7,13H2/t10-/m1/s1. The van der Waals surface area contributed by atoms with Crippen LogP contribution in [0.5, 0.6) is 5.75 Å². The van der Waals surface area contributed by atoms with Gasteiger partial charge in [-0.25, -0.2) is 0 Å². The summed E-state index contributed by atoms with van der Waals surface area (Å²) in [7, 11) is 0. The predicted octanol–water partition coefficient (Wildman–Crippen LogP) is 1.07. The van der Waals surface area contributed by atoms with Gasteiger partial charge in [0.1, 0.15) is 11.9 Å². The van der Waals surface area contributed by atoms with E-state index in [1.807, 2.05) is 12.1 Å². The lowest BCUT2D eigenvalue weighted by Crippen LogP contribution is -2.20. The molecule has 0 aromatic heterocycles. The molecule has 1 aromatic rings. The first-order valence-electron chi connectivity index (χ1n) is 5.55. The number of oxime groups is 1. The lowest BCUT2D eigenvalue weighted by molar-refractivity contribution is 0.0918. The van der Waals surface area contributed by atoms with Crippen molar-refractivity contribution in [3.8, 4) is 5.75 Å². The van der Waals surface area contributed by atoms with Crippen molar-refractivity contribution in [1.82, 2.24) is 0 Å². The zero-order valence-corrected chi connectivity index (χ0v) is 8.98. The number of hydrogen-bond acceptors (Lipinski definition) is 4. The molecule has 0 aliphatic carbocycles. The Bertz CT molecular complexity index is 443. The number of ether oxygens (including phenoxy) is 1. The van der Waals surface area contributed by atoms with Gasteiger partial charge < -0.3 is 15.3 Å². The summed E-state index contributed by atoms with van der Waals surface area (Å²) in [6.45, 7) is 1.30. The molecule has 0 amide bonds. The Morgan fingerprint density at radius 2 is 2.38 bits per heavy atom. The van der Waals surface area contributed by atoms with E-state index in [1.165, 1.54) is 5.56 Å². The Balaban J connectivity index is 1.85. The van der Waals surface area contributed by atoms with Gasteiger partial charge in [0.15, 0.2) is 0 Å². The smallest absolute Gasteiger partial charge is 0.145 e. The minimum atomic E-state index is 0.0412. The second-order valence-electron chi connectivity index (χ2n) is 4.13. The Labute approximate surface area is 94.0 Å². The van der Waals surface area contributed by atoms with Crippen LogP contribution in [-0.4, -0.2) is 25.0 Å². The van der Waals surface area contributed by atoms with Crippen molar-refractivity contribution in [2.45, 2.75) is 18.9 Å². The van der Waals surface area contributed by atoms with Gasteiger partial charge in [-0.2, -0.15) is 0 Å². The Morgan fingerprint density at radius 3 is 3.19 bits per heavy atom. The zero-order chi connectivity index (χ0) is 11.0. The zero-order valence-electron chi connectivity index (χ0n) is 8.98. The molecular weight excluding hydrogens is 204 g/mol. The minimum absolute atomic E-state index is 0.0412. The normalized spacial score (nSPS) is 22.3. The number of rotatable bonds is 2. The average Bonchev–Trinajstić information content (AvgIpc) is 2.96. The molecule has 2 heterocycles. The number of nitrogens with zero attached hydrogens (tertiary/aromatic N) is 1. The maximum absolute atomic E-state index is 5.55. The number of benzene rings is 1. The third kappa shape index (κ3) is 1.55. The van der Waals surface area contributed by atoms with Crippen molar-refractivity contribution in [2.24, 2.45) is 10.9 Å². The molecule has 16 heavy (non-hydrogen) atoms. The van der Waals surface area contributed by atoms with Gasteiger partial charge in [0.2, 0.25) is 0 Å². The van der Waals surface area contributed by atoms with E-state index in [-0.39, 0.29) is 6.10 Å². The summed E-state index contributed by atoms with van der Waals surface area (Å²) >= 11 is 0. The third-order valence-corrected chi connectivity index (χ3v) is 3.02. The van der Waals surface area contributed by atoms with Crippen LogP contribution in [0.25, 0.3) is 0 Å². The van der Waals surface area contributed by atoms with Crippen molar-refractivity contribution in [2.75, 3.05) is 13.2 Å². The molecule has 3 rings (SSSR count). The predicted molar refractivity (Wildman–Crippen MR) is 60.7 cm³/mol. The van der Waals surface area contributed by atoms with Gasteiger partial charge in [-0.15, -0.1) is 0 Å². The summed E-state index contributed by atoms with van der Waals surface area (Å²) in [6, 6.07) is 6.19. The van der Waals surface area contributed by atoms with Crippen LogP contribution >= 0.6 is 0 Å². The lowest BCUT2D eigenvalue weighted by Gasteiger charge is -2.03. The van der Waals surface area contributed by atoms with Gasteiger partial charge >= 0.3 is 0 Å². The van der Waals surface area contributed by atoms with Gasteiger partial charge in [-0.3, -0.25) is 0 Å². The third-order valence-electron chi connectivity index (χ3n) is 3.02. The number of nitrogens with two attached hydrogens (primary N) is 1. The molecule has 0 radical (unpaired) electrons. The Hall–Kier alpha value is -1.55. The van der Waals surface area contributed by atoms with Crippen LogP contribution in [0.3, 0.4) is 0 Å². The van der Waals surface area contributed by atoms with Gasteiger partial charge in [0.05, 0.1) is 12.3 Å². The fourth-order valence-corrected chi connectivity index (χ4v) is 2.09. The largest absolute Gasteiger partial charge is 0.493 e.